The fraction of sp³-hybridized carbons (Fsp3) is 0.192. The van der Waals surface area contributed by atoms with Gasteiger partial charge < -0.3 is 10.0 Å². The fourth-order valence-electron chi connectivity index (χ4n) is 4.26. The number of amides is 1. The second kappa shape index (κ2) is 9.77. The lowest BCUT2D eigenvalue weighted by Crippen LogP contribution is -2.52. The minimum atomic E-state index is -1.96. The number of carbonyl (C=O) groups excluding carboxylic acids is 1. The van der Waals surface area contributed by atoms with Crippen LogP contribution in [0.5, 0.6) is 0 Å². The standard InChI is InChI=1S/C26H21F2N7O2S/c1-16(26(37,13-35-15-30-14-31-35)20-8-7-19(27)9-21(20)28)33(2)24(36)23-12-34-11-22(32-25(34)38-23)18-5-3-17(10-29)4-6-18/h3-9,11-12,14-16,37H,13H2,1-2H3/t16-,26-/m1/s1. The predicted octanol–water partition coefficient (Wildman–Crippen LogP) is 3.85. The summed E-state index contributed by atoms with van der Waals surface area (Å²) in [6.45, 7) is 1.36. The van der Waals surface area contributed by atoms with Crippen LogP contribution in [-0.2, 0) is 12.1 Å². The number of rotatable bonds is 7. The Balaban J connectivity index is 1.43. The summed E-state index contributed by atoms with van der Waals surface area (Å²) in [7, 11) is 1.51. The zero-order valence-electron chi connectivity index (χ0n) is 20.3. The molecule has 0 aliphatic carbocycles. The van der Waals surface area contributed by atoms with Crippen LogP contribution >= 0.6 is 11.3 Å². The minimum absolute atomic E-state index is 0.172. The van der Waals surface area contributed by atoms with Crippen LogP contribution in [0.25, 0.3) is 16.2 Å². The number of imidazole rings is 1. The average molecular weight is 534 g/mol. The van der Waals surface area contributed by atoms with E-state index in [0.29, 0.717) is 27.2 Å². The number of thiazole rings is 1. The van der Waals surface area contributed by atoms with Crippen molar-refractivity contribution in [3.05, 3.63) is 95.2 Å². The van der Waals surface area contributed by atoms with E-state index in [4.69, 9.17) is 5.26 Å². The van der Waals surface area contributed by atoms with Gasteiger partial charge in [-0.05, 0) is 25.1 Å². The SMILES string of the molecule is C[C@@H](N(C)C(=O)c1cn2cc(-c3ccc(C#N)cc3)nc2s1)[C@](O)(Cn1cncn1)c1ccc(F)cc1F. The number of halogens is 2. The van der Waals surface area contributed by atoms with E-state index in [-0.39, 0.29) is 12.1 Å². The third-order valence-corrected chi connectivity index (χ3v) is 7.52. The number of hydrogen-bond acceptors (Lipinski definition) is 7. The molecule has 1 N–H and O–H groups in total. The maximum absolute atomic E-state index is 14.9. The number of aromatic nitrogens is 5. The van der Waals surface area contributed by atoms with Gasteiger partial charge in [0.25, 0.3) is 5.91 Å². The molecule has 9 nitrogen and oxygen atoms in total. The largest absolute Gasteiger partial charge is 0.381 e. The number of likely N-dealkylation sites (N-methyl/N-ethyl adjacent to an activating group) is 1. The molecule has 0 radical (unpaired) electrons. The smallest absolute Gasteiger partial charge is 0.265 e. The topological polar surface area (TPSA) is 112 Å². The van der Waals surface area contributed by atoms with Crippen LogP contribution < -0.4 is 0 Å². The molecule has 0 spiro atoms. The van der Waals surface area contributed by atoms with Gasteiger partial charge in [0, 0.05) is 36.6 Å². The lowest BCUT2D eigenvalue weighted by Gasteiger charge is -2.39. The number of nitrogens with zero attached hydrogens (tertiary/aromatic N) is 7. The van der Waals surface area contributed by atoms with Crippen LogP contribution in [-0.4, -0.2) is 53.2 Å². The normalized spacial score (nSPS) is 13.7. The van der Waals surface area contributed by atoms with Gasteiger partial charge in [-0.2, -0.15) is 10.4 Å². The van der Waals surface area contributed by atoms with Crippen molar-refractivity contribution in [1.82, 2.24) is 29.0 Å². The first-order valence-electron chi connectivity index (χ1n) is 11.5. The number of benzene rings is 2. The molecule has 3 aromatic heterocycles. The summed E-state index contributed by atoms with van der Waals surface area (Å²) in [5.74, 6) is -2.13. The highest BCUT2D eigenvalue weighted by atomic mass is 32.1. The summed E-state index contributed by atoms with van der Waals surface area (Å²) in [5, 5.41) is 24.8. The molecule has 2 aromatic carbocycles. The molecule has 38 heavy (non-hydrogen) atoms. The molecule has 0 saturated carbocycles. The molecular formula is C26H21F2N7O2S. The van der Waals surface area contributed by atoms with Crippen molar-refractivity contribution in [2.24, 2.45) is 0 Å². The summed E-state index contributed by atoms with van der Waals surface area (Å²) in [6.07, 6.45) is 6.05. The maximum Gasteiger partial charge on any atom is 0.265 e. The highest BCUT2D eigenvalue weighted by Gasteiger charge is 2.43. The Morgan fingerprint density at radius 1 is 1.24 bits per heavy atom. The van der Waals surface area contributed by atoms with E-state index in [0.717, 1.165) is 11.6 Å². The monoisotopic (exact) mass is 533 g/mol. The van der Waals surface area contributed by atoms with Crippen LogP contribution in [0.1, 0.15) is 27.7 Å². The van der Waals surface area contributed by atoms with Crippen LogP contribution in [0, 0.1) is 23.0 Å². The van der Waals surface area contributed by atoms with E-state index in [2.05, 4.69) is 21.1 Å². The van der Waals surface area contributed by atoms with Crippen LogP contribution in [0.4, 0.5) is 8.78 Å². The van der Waals surface area contributed by atoms with Gasteiger partial charge in [-0.15, -0.1) is 0 Å². The first-order chi connectivity index (χ1) is 18.2. The van der Waals surface area contributed by atoms with E-state index in [1.807, 2.05) is 0 Å². The third-order valence-electron chi connectivity index (χ3n) is 6.54. The number of carbonyl (C=O) groups is 1. The van der Waals surface area contributed by atoms with E-state index in [1.165, 1.54) is 46.7 Å². The van der Waals surface area contributed by atoms with E-state index < -0.39 is 29.2 Å². The van der Waals surface area contributed by atoms with Crippen molar-refractivity contribution in [3.8, 4) is 17.3 Å². The Hall–Kier alpha value is -4.47. The fourth-order valence-corrected chi connectivity index (χ4v) is 5.21. The summed E-state index contributed by atoms with van der Waals surface area (Å²) >= 11 is 1.17. The highest BCUT2D eigenvalue weighted by Crippen LogP contribution is 2.33. The molecule has 5 rings (SSSR count). The van der Waals surface area contributed by atoms with Crippen molar-refractivity contribution in [3.63, 3.8) is 0 Å². The second-order valence-corrected chi connectivity index (χ2v) is 9.84. The van der Waals surface area contributed by atoms with Gasteiger partial charge in [0.1, 0.15) is 34.8 Å². The molecule has 3 heterocycles. The average Bonchev–Trinajstić information content (AvgIpc) is 3.64. The first-order valence-corrected chi connectivity index (χ1v) is 12.3. The predicted molar refractivity (Wildman–Crippen MR) is 135 cm³/mol. The van der Waals surface area contributed by atoms with Crippen LogP contribution in [0.3, 0.4) is 0 Å². The van der Waals surface area contributed by atoms with Gasteiger partial charge >= 0.3 is 0 Å². The second-order valence-electron chi connectivity index (χ2n) is 8.83. The highest BCUT2D eigenvalue weighted by molar-refractivity contribution is 7.18. The van der Waals surface area contributed by atoms with E-state index in [1.54, 1.807) is 48.0 Å². The molecule has 12 heteroatoms. The molecule has 0 aliphatic heterocycles. The summed E-state index contributed by atoms with van der Waals surface area (Å²) in [4.78, 5) is 24.2. The van der Waals surface area contributed by atoms with E-state index in [9.17, 15) is 18.7 Å². The molecule has 0 aliphatic rings. The molecule has 5 aromatic rings. The van der Waals surface area contributed by atoms with Gasteiger partial charge in [0.15, 0.2) is 4.96 Å². The van der Waals surface area contributed by atoms with Crippen LogP contribution in [0.15, 0.2) is 67.5 Å². The van der Waals surface area contributed by atoms with Crippen molar-refractivity contribution < 1.29 is 18.7 Å². The van der Waals surface area contributed by atoms with Gasteiger partial charge in [0.2, 0.25) is 0 Å². The van der Waals surface area contributed by atoms with Crippen molar-refractivity contribution in [2.75, 3.05) is 7.05 Å². The maximum atomic E-state index is 14.9. The summed E-state index contributed by atoms with van der Waals surface area (Å²) in [5.41, 5.74) is -0.0667. The molecule has 0 bridgehead atoms. The molecule has 0 saturated heterocycles. The lowest BCUT2D eigenvalue weighted by atomic mass is 9.85. The summed E-state index contributed by atoms with van der Waals surface area (Å²) < 4.78 is 31.5. The first kappa shape index (κ1) is 25.2. The Kier molecular flexibility index (Phi) is 6.48. The molecule has 192 valence electrons. The van der Waals surface area contributed by atoms with Gasteiger partial charge in [-0.25, -0.2) is 23.4 Å². The van der Waals surface area contributed by atoms with Gasteiger partial charge in [0.05, 0.1) is 29.9 Å². The number of aliphatic hydroxyl groups is 1. The van der Waals surface area contributed by atoms with Crippen molar-refractivity contribution >= 4 is 22.2 Å². The van der Waals surface area contributed by atoms with E-state index >= 15 is 0 Å². The van der Waals surface area contributed by atoms with Gasteiger partial charge in [-0.1, -0.05) is 29.5 Å². The Bertz CT molecular complexity index is 1630. The zero-order chi connectivity index (χ0) is 27.0. The molecule has 0 fully saturated rings. The lowest BCUT2D eigenvalue weighted by molar-refractivity contribution is -0.0499. The molecular weight excluding hydrogens is 512 g/mol. The Morgan fingerprint density at radius 3 is 2.63 bits per heavy atom. The number of hydrogen-bond donors (Lipinski definition) is 1. The Morgan fingerprint density at radius 2 is 2.00 bits per heavy atom. The van der Waals surface area contributed by atoms with Crippen molar-refractivity contribution in [2.45, 2.75) is 25.1 Å². The molecule has 2 atom stereocenters. The van der Waals surface area contributed by atoms with Gasteiger partial charge in [-0.3, -0.25) is 9.20 Å². The van der Waals surface area contributed by atoms with Crippen LogP contribution in [0.2, 0.25) is 0 Å². The Labute approximate surface area is 219 Å². The molecule has 0 unspecified atom stereocenters. The van der Waals surface area contributed by atoms with Crippen molar-refractivity contribution in [1.29, 1.82) is 5.26 Å². The third kappa shape index (κ3) is 4.53. The number of fused-ring (bicyclic) bond motifs is 1. The number of nitriles is 1. The minimum Gasteiger partial charge on any atom is -0.381 e. The molecule has 1 amide bonds. The zero-order valence-corrected chi connectivity index (χ0v) is 21.1. The summed E-state index contributed by atoms with van der Waals surface area (Å²) in [6, 6.07) is 11.1. The quantitative estimate of drug-likeness (QED) is 0.340.